The van der Waals surface area contributed by atoms with E-state index >= 15 is 0 Å². The highest BCUT2D eigenvalue weighted by Gasteiger charge is 2.32. The number of nitrogens with one attached hydrogen (secondary N) is 1. The average Bonchev–Trinajstić information content (AvgIpc) is 2.77. The van der Waals surface area contributed by atoms with Gasteiger partial charge in [-0.2, -0.15) is 0 Å². The Morgan fingerprint density at radius 3 is 2.70 bits per heavy atom. The van der Waals surface area contributed by atoms with Crippen molar-refractivity contribution in [3.05, 3.63) is 34.3 Å². The Hall–Kier alpha value is -1.07. The second kappa shape index (κ2) is 6.59. The van der Waals surface area contributed by atoms with E-state index in [9.17, 15) is 9.90 Å². The molecule has 2 rings (SSSR count). The summed E-state index contributed by atoms with van der Waals surface area (Å²) < 4.78 is 1.05. The summed E-state index contributed by atoms with van der Waals surface area (Å²) >= 11 is 3.41. The second-order valence-electron chi connectivity index (χ2n) is 5.43. The minimum Gasteiger partial charge on any atom is -0.391 e. The molecule has 0 radical (unpaired) electrons. The Labute approximate surface area is 128 Å². The molecule has 20 heavy (non-hydrogen) atoms. The minimum atomic E-state index is -0.398. The Kier molecular flexibility index (Phi) is 5.05. The zero-order valence-electron chi connectivity index (χ0n) is 11.8. The van der Waals surface area contributed by atoms with Crippen molar-refractivity contribution < 1.29 is 9.90 Å². The summed E-state index contributed by atoms with van der Waals surface area (Å²) in [6, 6.07) is 7.95. The number of halogens is 1. The van der Waals surface area contributed by atoms with Crippen LogP contribution in [0.15, 0.2) is 28.7 Å². The number of rotatable bonds is 3. The standard InChI is InChI=1S/C15H21BrN2O2/c1-10(12-3-5-13(16)6-4-12)9-17-15(20)18-8-7-14(19)11(18)2/h3-6,10-11,14,19H,7-9H2,1-2H3,(H,17,20)/t10?,11-,14-/m1/s1. The number of nitrogens with zero attached hydrogens (tertiary/aromatic N) is 1. The predicted molar refractivity (Wildman–Crippen MR) is 82.7 cm³/mol. The van der Waals surface area contributed by atoms with Crippen LogP contribution < -0.4 is 5.32 Å². The number of carbonyl (C=O) groups is 1. The molecule has 0 aromatic heterocycles. The molecule has 2 N–H and O–H groups in total. The van der Waals surface area contributed by atoms with E-state index in [0.717, 1.165) is 4.47 Å². The number of aliphatic hydroxyl groups excluding tert-OH is 1. The van der Waals surface area contributed by atoms with Crippen molar-refractivity contribution in [1.82, 2.24) is 10.2 Å². The Morgan fingerprint density at radius 1 is 1.50 bits per heavy atom. The molecular formula is C15H21BrN2O2. The van der Waals surface area contributed by atoms with Gasteiger partial charge in [-0.15, -0.1) is 0 Å². The third-order valence-corrected chi connectivity index (χ3v) is 4.50. The molecule has 3 atom stereocenters. The number of aliphatic hydroxyl groups is 1. The van der Waals surface area contributed by atoms with Gasteiger partial charge in [0.25, 0.3) is 0 Å². The Morgan fingerprint density at radius 2 is 2.15 bits per heavy atom. The van der Waals surface area contributed by atoms with Crippen molar-refractivity contribution in [3.8, 4) is 0 Å². The highest BCUT2D eigenvalue weighted by atomic mass is 79.9. The number of benzene rings is 1. The van der Waals surface area contributed by atoms with Crippen LogP contribution in [0.4, 0.5) is 4.79 Å². The van der Waals surface area contributed by atoms with E-state index < -0.39 is 6.10 Å². The van der Waals surface area contributed by atoms with Gasteiger partial charge in [0.1, 0.15) is 0 Å². The second-order valence-corrected chi connectivity index (χ2v) is 6.34. The predicted octanol–water partition coefficient (Wildman–Crippen LogP) is 2.72. The molecule has 5 heteroatoms. The van der Waals surface area contributed by atoms with Crippen LogP contribution in [0.2, 0.25) is 0 Å². The summed E-state index contributed by atoms with van der Waals surface area (Å²) in [5.41, 5.74) is 1.20. The highest BCUT2D eigenvalue weighted by molar-refractivity contribution is 9.10. The lowest BCUT2D eigenvalue weighted by molar-refractivity contribution is 0.131. The van der Waals surface area contributed by atoms with Crippen molar-refractivity contribution in [1.29, 1.82) is 0 Å². The molecule has 0 bridgehead atoms. The van der Waals surface area contributed by atoms with Gasteiger partial charge in [0.15, 0.2) is 0 Å². The van der Waals surface area contributed by atoms with Crippen molar-refractivity contribution in [2.24, 2.45) is 0 Å². The maximum atomic E-state index is 12.1. The van der Waals surface area contributed by atoms with E-state index in [1.807, 2.05) is 19.1 Å². The number of urea groups is 1. The molecule has 1 unspecified atom stereocenters. The Balaban J connectivity index is 1.85. The molecule has 2 amide bonds. The third kappa shape index (κ3) is 3.52. The van der Waals surface area contributed by atoms with Crippen LogP contribution in [-0.4, -0.2) is 41.3 Å². The van der Waals surface area contributed by atoms with E-state index in [2.05, 4.69) is 40.3 Å². The fourth-order valence-corrected chi connectivity index (χ4v) is 2.73. The normalized spacial score (nSPS) is 23.7. The van der Waals surface area contributed by atoms with Crippen LogP contribution in [0.5, 0.6) is 0 Å². The van der Waals surface area contributed by atoms with Crippen LogP contribution in [0, 0.1) is 0 Å². The largest absolute Gasteiger partial charge is 0.391 e. The first-order valence-corrected chi connectivity index (χ1v) is 7.76. The summed E-state index contributed by atoms with van der Waals surface area (Å²) in [5.74, 6) is 0.259. The van der Waals surface area contributed by atoms with Gasteiger partial charge in [-0.05, 0) is 37.0 Å². The lowest BCUT2D eigenvalue weighted by Crippen LogP contribution is -2.44. The molecule has 0 spiro atoms. The molecule has 1 fully saturated rings. The zero-order chi connectivity index (χ0) is 14.7. The highest BCUT2D eigenvalue weighted by Crippen LogP contribution is 2.19. The van der Waals surface area contributed by atoms with Crippen LogP contribution >= 0.6 is 15.9 Å². The molecule has 110 valence electrons. The lowest BCUT2D eigenvalue weighted by Gasteiger charge is -2.24. The molecule has 1 aliphatic rings. The molecule has 1 saturated heterocycles. The SMILES string of the molecule is CC(CNC(=O)N1CC[C@@H](O)[C@H]1C)c1ccc(Br)cc1. The van der Waals surface area contributed by atoms with Crippen LogP contribution in [0.25, 0.3) is 0 Å². The monoisotopic (exact) mass is 340 g/mol. The van der Waals surface area contributed by atoms with Crippen molar-refractivity contribution in [3.63, 3.8) is 0 Å². The van der Waals surface area contributed by atoms with Gasteiger partial charge in [-0.1, -0.05) is 35.0 Å². The summed E-state index contributed by atoms with van der Waals surface area (Å²) in [6.07, 6.45) is 0.265. The van der Waals surface area contributed by atoms with Gasteiger partial charge in [0.05, 0.1) is 12.1 Å². The molecule has 1 aromatic rings. The topological polar surface area (TPSA) is 52.6 Å². The molecular weight excluding hydrogens is 320 g/mol. The maximum Gasteiger partial charge on any atom is 0.317 e. The molecule has 1 heterocycles. The van der Waals surface area contributed by atoms with E-state index in [-0.39, 0.29) is 18.0 Å². The first-order valence-electron chi connectivity index (χ1n) is 6.97. The average molecular weight is 341 g/mol. The lowest BCUT2D eigenvalue weighted by atomic mass is 10.0. The molecule has 1 aliphatic heterocycles. The van der Waals surface area contributed by atoms with Gasteiger partial charge < -0.3 is 15.3 Å². The number of hydrogen-bond acceptors (Lipinski definition) is 2. The van der Waals surface area contributed by atoms with E-state index in [1.165, 1.54) is 5.56 Å². The van der Waals surface area contributed by atoms with Gasteiger partial charge >= 0.3 is 6.03 Å². The summed E-state index contributed by atoms with van der Waals surface area (Å²) in [7, 11) is 0. The minimum absolute atomic E-state index is 0.0852. The van der Waals surface area contributed by atoms with E-state index in [1.54, 1.807) is 4.90 Å². The molecule has 0 aliphatic carbocycles. The van der Waals surface area contributed by atoms with Gasteiger partial charge in [-0.3, -0.25) is 0 Å². The van der Waals surface area contributed by atoms with Crippen LogP contribution in [0.1, 0.15) is 31.7 Å². The molecule has 0 saturated carbocycles. The number of carbonyl (C=O) groups excluding carboxylic acids is 1. The number of hydrogen-bond donors (Lipinski definition) is 2. The van der Waals surface area contributed by atoms with Gasteiger partial charge in [0.2, 0.25) is 0 Å². The fourth-order valence-electron chi connectivity index (χ4n) is 2.46. The van der Waals surface area contributed by atoms with Crippen molar-refractivity contribution in [2.75, 3.05) is 13.1 Å². The molecule has 4 nitrogen and oxygen atoms in total. The quantitative estimate of drug-likeness (QED) is 0.888. The van der Waals surface area contributed by atoms with E-state index in [0.29, 0.717) is 19.5 Å². The zero-order valence-corrected chi connectivity index (χ0v) is 13.4. The number of amides is 2. The van der Waals surface area contributed by atoms with Crippen LogP contribution in [-0.2, 0) is 0 Å². The Bertz CT molecular complexity index is 463. The smallest absolute Gasteiger partial charge is 0.317 e. The van der Waals surface area contributed by atoms with Crippen molar-refractivity contribution in [2.45, 2.75) is 38.3 Å². The summed E-state index contributed by atoms with van der Waals surface area (Å²) in [5, 5.41) is 12.6. The summed E-state index contributed by atoms with van der Waals surface area (Å²) in [6.45, 7) is 5.20. The third-order valence-electron chi connectivity index (χ3n) is 3.97. The van der Waals surface area contributed by atoms with Gasteiger partial charge in [-0.25, -0.2) is 4.79 Å². The van der Waals surface area contributed by atoms with Gasteiger partial charge in [0, 0.05) is 17.6 Å². The first-order chi connectivity index (χ1) is 9.49. The molecule has 1 aromatic carbocycles. The van der Waals surface area contributed by atoms with E-state index in [4.69, 9.17) is 0 Å². The number of likely N-dealkylation sites (tertiary alicyclic amines) is 1. The first kappa shape index (κ1) is 15.3. The maximum absolute atomic E-state index is 12.1. The summed E-state index contributed by atoms with van der Waals surface area (Å²) in [4.78, 5) is 13.8. The van der Waals surface area contributed by atoms with Crippen LogP contribution in [0.3, 0.4) is 0 Å². The fraction of sp³-hybridized carbons (Fsp3) is 0.533. The van der Waals surface area contributed by atoms with Crippen molar-refractivity contribution >= 4 is 22.0 Å².